The summed E-state index contributed by atoms with van der Waals surface area (Å²) >= 11 is 13.6. The minimum Gasteiger partial charge on any atom is -0.204 e. The first-order valence-corrected chi connectivity index (χ1v) is 17.1. The molecule has 0 aliphatic rings. The van der Waals surface area contributed by atoms with Crippen LogP contribution in [0.3, 0.4) is 0 Å². The van der Waals surface area contributed by atoms with Crippen molar-refractivity contribution in [2.75, 3.05) is 0 Å². The smallest absolute Gasteiger partial charge is 0.159 e. The summed E-state index contributed by atoms with van der Waals surface area (Å²) in [5, 5.41) is 8.02. The maximum Gasteiger partial charge on any atom is 0.159 e. The van der Waals surface area contributed by atoms with Crippen LogP contribution in [0.1, 0.15) is 0 Å². The standard InChI is InChI=1S/C46H26Cl2F2/c47-39-23-35-36(24-40(39)48)44(28-15-7-2-8-16-28)32-22-34-33(21-31(32)43(35)27-13-5-1-6-14-27)45(29-17-9-3-10-18-29)37-25-41(49)42(50)26-38(37)46(34)30-19-11-4-12-20-30/h1-26H. The molecule has 0 unspecified atom stereocenters. The van der Waals surface area contributed by atoms with E-state index in [4.69, 9.17) is 23.2 Å². The van der Waals surface area contributed by atoms with Crippen molar-refractivity contribution >= 4 is 66.3 Å². The van der Waals surface area contributed by atoms with Gasteiger partial charge in [0.15, 0.2) is 11.6 Å². The Kier molecular flexibility index (Phi) is 7.39. The highest BCUT2D eigenvalue weighted by atomic mass is 35.5. The summed E-state index contributed by atoms with van der Waals surface area (Å²) in [6.07, 6.45) is 0. The van der Waals surface area contributed by atoms with Crippen LogP contribution >= 0.6 is 23.2 Å². The molecule has 9 aromatic rings. The van der Waals surface area contributed by atoms with Crippen LogP contribution in [0.15, 0.2) is 158 Å². The van der Waals surface area contributed by atoms with Gasteiger partial charge < -0.3 is 0 Å². The van der Waals surface area contributed by atoms with Crippen molar-refractivity contribution in [3.05, 3.63) is 179 Å². The van der Waals surface area contributed by atoms with E-state index in [9.17, 15) is 0 Å². The van der Waals surface area contributed by atoms with Gasteiger partial charge in [-0.15, -0.1) is 0 Å². The zero-order valence-corrected chi connectivity index (χ0v) is 28.0. The van der Waals surface area contributed by atoms with Crippen LogP contribution in [0.5, 0.6) is 0 Å². The summed E-state index contributed by atoms with van der Waals surface area (Å²) in [5.41, 5.74) is 7.58. The topological polar surface area (TPSA) is 0 Å². The van der Waals surface area contributed by atoms with Crippen LogP contribution in [0.4, 0.5) is 8.78 Å². The van der Waals surface area contributed by atoms with E-state index >= 15 is 8.78 Å². The number of hydrogen-bond donors (Lipinski definition) is 0. The SMILES string of the molecule is Fc1cc2c(-c3ccccc3)c3cc4c(-c5ccccc5)c5cc(Cl)c(Cl)cc5c(-c5ccccc5)c4cc3c(-c3ccccc3)c2cc1F. The highest BCUT2D eigenvalue weighted by molar-refractivity contribution is 6.43. The Morgan fingerprint density at radius 1 is 0.280 bits per heavy atom. The molecule has 0 aromatic heterocycles. The van der Waals surface area contributed by atoms with Crippen molar-refractivity contribution in [3.63, 3.8) is 0 Å². The van der Waals surface area contributed by atoms with E-state index in [1.807, 2.05) is 109 Å². The Morgan fingerprint density at radius 3 is 0.760 bits per heavy atom. The highest BCUT2D eigenvalue weighted by Gasteiger charge is 2.24. The molecule has 50 heavy (non-hydrogen) atoms. The summed E-state index contributed by atoms with van der Waals surface area (Å²) in [6.45, 7) is 0. The van der Waals surface area contributed by atoms with Crippen molar-refractivity contribution in [2.45, 2.75) is 0 Å². The Hall–Kier alpha value is -5.54. The molecule has 0 aliphatic heterocycles. The van der Waals surface area contributed by atoms with Crippen LogP contribution in [-0.2, 0) is 0 Å². The monoisotopic (exact) mass is 686 g/mol. The van der Waals surface area contributed by atoms with Crippen molar-refractivity contribution in [3.8, 4) is 44.5 Å². The molecule has 0 fully saturated rings. The van der Waals surface area contributed by atoms with Gasteiger partial charge in [0, 0.05) is 0 Å². The number of halogens is 4. The fourth-order valence-corrected chi connectivity index (χ4v) is 7.92. The molecule has 0 heterocycles. The van der Waals surface area contributed by atoms with Gasteiger partial charge in [-0.25, -0.2) is 8.78 Å². The highest BCUT2D eigenvalue weighted by Crippen LogP contribution is 2.51. The molecule has 0 N–H and O–H groups in total. The fraction of sp³-hybridized carbons (Fsp3) is 0. The number of hydrogen-bond acceptors (Lipinski definition) is 0. The fourth-order valence-electron chi connectivity index (χ4n) is 7.59. The van der Waals surface area contributed by atoms with E-state index in [0.717, 1.165) is 76.8 Å². The van der Waals surface area contributed by atoms with Gasteiger partial charge in [-0.05, 0) is 124 Å². The predicted octanol–water partition coefficient (Wildman–Crippen LogP) is 14.6. The summed E-state index contributed by atoms with van der Waals surface area (Å²) < 4.78 is 30.6. The van der Waals surface area contributed by atoms with Crippen molar-refractivity contribution in [1.82, 2.24) is 0 Å². The van der Waals surface area contributed by atoms with Gasteiger partial charge in [0.25, 0.3) is 0 Å². The van der Waals surface area contributed by atoms with Crippen LogP contribution in [0.2, 0.25) is 10.0 Å². The Morgan fingerprint density at radius 2 is 0.500 bits per heavy atom. The quantitative estimate of drug-likeness (QED) is 0.162. The summed E-state index contributed by atoms with van der Waals surface area (Å²) in [6, 6.07) is 51.6. The second kappa shape index (κ2) is 12.1. The lowest BCUT2D eigenvalue weighted by molar-refractivity contribution is 0.511. The molecule has 0 saturated heterocycles. The van der Waals surface area contributed by atoms with Crippen LogP contribution in [0, 0.1) is 11.6 Å². The first-order valence-electron chi connectivity index (χ1n) is 16.4. The number of fused-ring (bicyclic) bond motifs is 4. The minimum absolute atomic E-state index is 0.468. The third kappa shape index (κ3) is 4.87. The molecule has 9 rings (SSSR count). The Bertz CT molecular complexity index is 2380. The van der Waals surface area contributed by atoms with Gasteiger partial charge in [-0.3, -0.25) is 0 Å². The number of rotatable bonds is 4. The summed E-state index contributed by atoms with van der Waals surface area (Å²) in [7, 11) is 0. The first-order chi connectivity index (χ1) is 24.5. The zero-order valence-electron chi connectivity index (χ0n) is 26.5. The normalized spacial score (nSPS) is 11.6. The second-order valence-electron chi connectivity index (χ2n) is 12.5. The molecular formula is C46H26Cl2F2. The van der Waals surface area contributed by atoms with Crippen LogP contribution in [-0.4, -0.2) is 0 Å². The average Bonchev–Trinajstić information content (AvgIpc) is 3.15. The lowest BCUT2D eigenvalue weighted by Gasteiger charge is -2.22. The number of benzene rings is 9. The lowest BCUT2D eigenvalue weighted by Crippen LogP contribution is -1.96. The van der Waals surface area contributed by atoms with E-state index in [1.165, 1.54) is 12.1 Å². The first kappa shape index (κ1) is 30.5. The molecule has 0 aliphatic carbocycles. The van der Waals surface area contributed by atoms with E-state index in [0.29, 0.717) is 20.8 Å². The minimum atomic E-state index is -0.886. The largest absolute Gasteiger partial charge is 0.204 e. The third-order valence-electron chi connectivity index (χ3n) is 9.68. The molecule has 0 atom stereocenters. The Labute approximate surface area is 297 Å². The van der Waals surface area contributed by atoms with Crippen molar-refractivity contribution in [1.29, 1.82) is 0 Å². The molecule has 0 saturated carbocycles. The molecule has 9 aromatic carbocycles. The molecule has 0 nitrogen and oxygen atoms in total. The molecule has 0 spiro atoms. The lowest BCUT2D eigenvalue weighted by atomic mass is 9.81. The molecule has 238 valence electrons. The van der Waals surface area contributed by atoms with Gasteiger partial charge in [0.1, 0.15) is 0 Å². The van der Waals surface area contributed by atoms with E-state index in [2.05, 4.69) is 36.4 Å². The predicted molar refractivity (Wildman–Crippen MR) is 208 cm³/mol. The third-order valence-corrected chi connectivity index (χ3v) is 10.4. The van der Waals surface area contributed by atoms with Gasteiger partial charge in [-0.1, -0.05) is 145 Å². The van der Waals surface area contributed by atoms with E-state index in [1.54, 1.807) is 0 Å². The summed E-state index contributed by atoms with van der Waals surface area (Å²) in [5.74, 6) is -1.77. The van der Waals surface area contributed by atoms with Crippen molar-refractivity contribution in [2.24, 2.45) is 0 Å². The molecular weight excluding hydrogens is 661 g/mol. The van der Waals surface area contributed by atoms with Crippen LogP contribution < -0.4 is 0 Å². The summed E-state index contributed by atoms with van der Waals surface area (Å²) in [4.78, 5) is 0. The van der Waals surface area contributed by atoms with E-state index < -0.39 is 11.6 Å². The van der Waals surface area contributed by atoms with Gasteiger partial charge in [0.2, 0.25) is 0 Å². The average molecular weight is 688 g/mol. The van der Waals surface area contributed by atoms with Crippen LogP contribution in [0.25, 0.3) is 87.6 Å². The van der Waals surface area contributed by atoms with Crippen molar-refractivity contribution < 1.29 is 8.78 Å². The molecule has 0 amide bonds. The maximum absolute atomic E-state index is 15.3. The van der Waals surface area contributed by atoms with Gasteiger partial charge in [-0.2, -0.15) is 0 Å². The second-order valence-corrected chi connectivity index (χ2v) is 13.3. The Balaban J connectivity index is 1.61. The molecule has 0 radical (unpaired) electrons. The van der Waals surface area contributed by atoms with E-state index in [-0.39, 0.29) is 0 Å². The van der Waals surface area contributed by atoms with Gasteiger partial charge in [0.05, 0.1) is 10.0 Å². The molecule has 0 bridgehead atoms. The zero-order chi connectivity index (χ0) is 33.9. The maximum atomic E-state index is 15.3. The van der Waals surface area contributed by atoms with Gasteiger partial charge >= 0.3 is 0 Å². The molecule has 4 heteroatoms.